The third-order valence-corrected chi connectivity index (χ3v) is 3.67. The van der Waals surface area contributed by atoms with Crippen molar-refractivity contribution in [2.45, 2.75) is 25.2 Å². The molecule has 104 valence electrons. The number of carbonyl (C=O) groups is 2. The highest BCUT2D eigenvalue weighted by atomic mass is 16.2. The Morgan fingerprint density at radius 2 is 2.00 bits per heavy atom. The molecular weight excluding hydrogens is 252 g/mol. The Bertz CT molecular complexity index is 613. The fourth-order valence-electron chi connectivity index (χ4n) is 2.57. The number of carbonyl (C=O) groups excluding carboxylic acids is 2. The highest BCUT2D eigenvalue weighted by Crippen LogP contribution is 2.41. The van der Waals surface area contributed by atoms with E-state index in [4.69, 9.17) is 0 Å². The Morgan fingerprint density at radius 1 is 1.25 bits per heavy atom. The number of rotatable bonds is 2. The Kier molecular flexibility index (Phi) is 3.08. The fourth-order valence-corrected chi connectivity index (χ4v) is 2.57. The van der Waals surface area contributed by atoms with Crippen LogP contribution in [0.1, 0.15) is 41.1 Å². The number of nitrogens with zero attached hydrogens (tertiary/aromatic N) is 1. The summed E-state index contributed by atoms with van der Waals surface area (Å²) in [5.74, 6) is 0.417. The maximum atomic E-state index is 12.5. The van der Waals surface area contributed by atoms with E-state index >= 15 is 0 Å². The first-order chi connectivity index (χ1) is 9.54. The molecule has 1 amide bonds. The fraction of sp³-hybridized carbons (Fsp3) is 0.375. The molecule has 1 saturated carbocycles. The summed E-state index contributed by atoms with van der Waals surface area (Å²) in [6.45, 7) is 0. The average molecular weight is 270 g/mol. The standard InChI is InChI=1S/C16H18N2O2/c1-18(2)9-12-8-15(19)17-14-7-11(10-3-4-10)5-6-13(14)16(12)20/h5-7,9-10H,3-4,8H2,1-2H3,(H,17,19)/b12-9-. The smallest absolute Gasteiger partial charge is 0.229 e. The molecule has 3 rings (SSSR count). The van der Waals surface area contributed by atoms with Crippen LogP contribution in [-0.4, -0.2) is 30.7 Å². The molecule has 0 saturated heterocycles. The lowest BCUT2D eigenvalue weighted by Crippen LogP contribution is -2.12. The van der Waals surface area contributed by atoms with Gasteiger partial charge in [0.05, 0.1) is 12.1 Å². The molecule has 1 aliphatic heterocycles. The molecule has 0 radical (unpaired) electrons. The maximum absolute atomic E-state index is 12.5. The molecule has 20 heavy (non-hydrogen) atoms. The summed E-state index contributed by atoms with van der Waals surface area (Å²) in [4.78, 5) is 26.3. The van der Waals surface area contributed by atoms with Crippen molar-refractivity contribution < 1.29 is 9.59 Å². The van der Waals surface area contributed by atoms with E-state index in [1.165, 1.54) is 18.4 Å². The minimum Gasteiger partial charge on any atom is -0.383 e. The number of anilines is 1. The number of Topliss-reactive ketones (excluding diaryl/α,β-unsaturated/α-hetero) is 1. The second-order valence-corrected chi connectivity index (χ2v) is 5.75. The molecule has 0 spiro atoms. The van der Waals surface area contributed by atoms with Gasteiger partial charge in [0.1, 0.15) is 0 Å². The quantitative estimate of drug-likeness (QED) is 0.840. The van der Waals surface area contributed by atoms with Gasteiger partial charge in [0.15, 0.2) is 5.78 Å². The minimum absolute atomic E-state index is 0.0607. The van der Waals surface area contributed by atoms with E-state index in [0.717, 1.165) is 0 Å². The third-order valence-electron chi connectivity index (χ3n) is 3.67. The van der Waals surface area contributed by atoms with Crippen molar-refractivity contribution in [1.82, 2.24) is 4.90 Å². The molecule has 0 bridgehead atoms. The Morgan fingerprint density at radius 3 is 2.65 bits per heavy atom. The van der Waals surface area contributed by atoms with Crippen molar-refractivity contribution >= 4 is 17.4 Å². The van der Waals surface area contributed by atoms with Crippen LogP contribution in [0.5, 0.6) is 0 Å². The second kappa shape index (κ2) is 4.78. The predicted molar refractivity (Wildman–Crippen MR) is 77.8 cm³/mol. The van der Waals surface area contributed by atoms with E-state index in [-0.39, 0.29) is 18.1 Å². The maximum Gasteiger partial charge on any atom is 0.229 e. The van der Waals surface area contributed by atoms with Crippen LogP contribution in [-0.2, 0) is 4.79 Å². The number of hydrogen-bond donors (Lipinski definition) is 1. The van der Waals surface area contributed by atoms with Crippen molar-refractivity contribution in [1.29, 1.82) is 0 Å². The summed E-state index contributed by atoms with van der Waals surface area (Å²) in [5.41, 5.74) is 3.00. The van der Waals surface area contributed by atoms with Crippen molar-refractivity contribution in [3.05, 3.63) is 41.1 Å². The zero-order chi connectivity index (χ0) is 14.3. The number of hydrogen-bond acceptors (Lipinski definition) is 3. The van der Waals surface area contributed by atoms with Gasteiger partial charge in [-0.25, -0.2) is 0 Å². The molecule has 1 aromatic carbocycles. The van der Waals surface area contributed by atoms with E-state index in [1.807, 2.05) is 32.3 Å². The van der Waals surface area contributed by atoms with E-state index in [9.17, 15) is 9.59 Å². The highest BCUT2D eigenvalue weighted by molar-refractivity contribution is 6.18. The number of nitrogens with one attached hydrogen (secondary N) is 1. The van der Waals surface area contributed by atoms with Gasteiger partial charge in [-0.15, -0.1) is 0 Å². The number of benzene rings is 1. The van der Waals surface area contributed by atoms with Gasteiger partial charge in [-0.3, -0.25) is 9.59 Å². The monoisotopic (exact) mass is 270 g/mol. The van der Waals surface area contributed by atoms with Crippen LogP contribution in [0, 0.1) is 0 Å². The summed E-state index contributed by atoms with van der Waals surface area (Å²) in [5, 5.41) is 2.86. The van der Waals surface area contributed by atoms with Gasteiger partial charge < -0.3 is 10.2 Å². The Hall–Kier alpha value is -2.10. The van der Waals surface area contributed by atoms with E-state index in [0.29, 0.717) is 22.7 Å². The zero-order valence-electron chi connectivity index (χ0n) is 11.8. The SMILES string of the molecule is CN(C)/C=C1/CC(=O)Nc2cc(C3CC3)ccc2C1=O. The Labute approximate surface area is 118 Å². The molecule has 0 aromatic heterocycles. The highest BCUT2D eigenvalue weighted by Gasteiger charge is 2.28. The zero-order valence-corrected chi connectivity index (χ0v) is 11.8. The molecule has 1 aliphatic carbocycles. The summed E-state index contributed by atoms with van der Waals surface area (Å²) in [7, 11) is 3.69. The molecule has 2 aliphatic rings. The molecular formula is C16H18N2O2. The van der Waals surface area contributed by atoms with Gasteiger partial charge in [-0.1, -0.05) is 6.07 Å². The summed E-state index contributed by atoms with van der Waals surface area (Å²) >= 11 is 0. The number of ketones is 1. The second-order valence-electron chi connectivity index (χ2n) is 5.75. The lowest BCUT2D eigenvalue weighted by Gasteiger charge is -2.09. The number of fused-ring (bicyclic) bond motifs is 1. The van der Waals surface area contributed by atoms with Crippen LogP contribution in [0.4, 0.5) is 5.69 Å². The van der Waals surface area contributed by atoms with Crippen LogP contribution in [0.25, 0.3) is 0 Å². The Balaban J connectivity index is 2.03. The van der Waals surface area contributed by atoms with Crippen molar-refractivity contribution in [2.24, 2.45) is 0 Å². The van der Waals surface area contributed by atoms with Gasteiger partial charge in [0.25, 0.3) is 0 Å². The van der Waals surface area contributed by atoms with Gasteiger partial charge in [-0.05, 0) is 36.5 Å². The van der Waals surface area contributed by atoms with Crippen molar-refractivity contribution in [3.8, 4) is 0 Å². The van der Waals surface area contributed by atoms with Gasteiger partial charge in [0, 0.05) is 31.4 Å². The first kappa shape index (κ1) is 12.9. The number of amides is 1. The lowest BCUT2D eigenvalue weighted by molar-refractivity contribution is -0.115. The van der Waals surface area contributed by atoms with Gasteiger partial charge >= 0.3 is 0 Å². The van der Waals surface area contributed by atoms with Gasteiger partial charge in [0.2, 0.25) is 5.91 Å². The van der Waals surface area contributed by atoms with E-state index in [2.05, 4.69) is 5.32 Å². The van der Waals surface area contributed by atoms with Crippen LogP contribution >= 0.6 is 0 Å². The summed E-state index contributed by atoms with van der Waals surface area (Å²) in [6, 6.07) is 5.82. The van der Waals surface area contributed by atoms with E-state index < -0.39 is 0 Å². The molecule has 1 fully saturated rings. The first-order valence-corrected chi connectivity index (χ1v) is 6.90. The molecule has 0 atom stereocenters. The van der Waals surface area contributed by atoms with E-state index in [1.54, 1.807) is 11.1 Å². The van der Waals surface area contributed by atoms with Crippen LogP contribution < -0.4 is 5.32 Å². The predicted octanol–water partition coefficient (Wildman–Crippen LogP) is 2.53. The minimum atomic E-state index is -0.127. The molecule has 0 unspecified atom stereocenters. The largest absolute Gasteiger partial charge is 0.383 e. The van der Waals surface area contributed by atoms with Gasteiger partial charge in [-0.2, -0.15) is 0 Å². The molecule has 1 heterocycles. The topological polar surface area (TPSA) is 49.4 Å². The molecule has 1 aromatic rings. The van der Waals surface area contributed by atoms with Crippen LogP contribution in [0.15, 0.2) is 30.0 Å². The molecule has 4 nitrogen and oxygen atoms in total. The summed E-state index contributed by atoms with van der Waals surface area (Å²) < 4.78 is 0. The lowest BCUT2D eigenvalue weighted by atomic mass is 9.99. The van der Waals surface area contributed by atoms with Crippen LogP contribution in [0.3, 0.4) is 0 Å². The normalized spacial score (nSPS) is 20.4. The first-order valence-electron chi connectivity index (χ1n) is 6.90. The molecule has 4 heteroatoms. The van der Waals surface area contributed by atoms with Crippen molar-refractivity contribution in [3.63, 3.8) is 0 Å². The summed E-state index contributed by atoms with van der Waals surface area (Å²) in [6.07, 6.45) is 4.26. The van der Waals surface area contributed by atoms with Crippen molar-refractivity contribution in [2.75, 3.05) is 19.4 Å². The van der Waals surface area contributed by atoms with Crippen LogP contribution in [0.2, 0.25) is 0 Å². The average Bonchev–Trinajstić information content (AvgIpc) is 3.20. The third kappa shape index (κ3) is 2.46. The molecule has 1 N–H and O–H groups in total.